The lowest BCUT2D eigenvalue weighted by Crippen LogP contribution is -1.77. The van der Waals surface area contributed by atoms with E-state index >= 15 is 0 Å². The topological polar surface area (TPSA) is 0 Å². The summed E-state index contributed by atoms with van der Waals surface area (Å²) in [6.07, 6.45) is 0. The fraction of sp³-hybridized carbons (Fsp3) is 0.273. The van der Waals surface area contributed by atoms with Crippen molar-refractivity contribution in [1.82, 2.24) is 0 Å². The van der Waals surface area contributed by atoms with E-state index in [0.29, 0.717) is 11.8 Å². The molecule has 0 bridgehead atoms. The number of rotatable bonds is 4. The molecule has 0 radical (unpaired) electrons. The van der Waals surface area contributed by atoms with Crippen LogP contribution in [0.3, 0.4) is 0 Å². The zero-order chi connectivity index (χ0) is 17.6. The van der Waals surface area contributed by atoms with E-state index < -0.39 is 0 Å². The van der Waals surface area contributed by atoms with Crippen molar-refractivity contribution in [2.45, 2.75) is 49.3 Å². The highest BCUT2D eigenvalue weighted by Gasteiger charge is 2.09. The Morgan fingerprint density at radius 2 is 1.08 bits per heavy atom. The van der Waals surface area contributed by atoms with E-state index in [1.807, 2.05) is 34.4 Å². The van der Waals surface area contributed by atoms with E-state index in [2.05, 4.69) is 76.2 Å². The molecule has 0 nitrogen and oxygen atoms in total. The lowest BCUT2D eigenvalue weighted by Gasteiger charge is -2.02. The van der Waals surface area contributed by atoms with Gasteiger partial charge in [0, 0.05) is 28.9 Å². The Balaban J connectivity index is 1.64. The Morgan fingerprint density at radius 1 is 0.640 bits per heavy atom. The second-order valence-corrected chi connectivity index (χ2v) is 10.5. The molecule has 0 saturated carbocycles. The highest BCUT2D eigenvalue weighted by molar-refractivity contribution is 7.99. The molecule has 3 heteroatoms. The normalized spacial score (nSPS) is 12.1. The van der Waals surface area contributed by atoms with E-state index in [-0.39, 0.29) is 0 Å². The van der Waals surface area contributed by atoms with Crippen molar-refractivity contribution < 1.29 is 0 Å². The molecule has 0 saturated heterocycles. The van der Waals surface area contributed by atoms with Crippen LogP contribution in [0.1, 0.15) is 49.3 Å². The largest absolute Gasteiger partial charge is 0.140 e. The Bertz CT molecular complexity index is 950. The minimum absolute atomic E-state index is 0.602. The number of fused-ring (bicyclic) bond motifs is 2. The minimum Gasteiger partial charge on any atom is -0.140 e. The highest BCUT2D eigenvalue weighted by Crippen LogP contribution is 2.38. The summed E-state index contributed by atoms with van der Waals surface area (Å²) in [6.45, 7) is 9.06. The Labute approximate surface area is 161 Å². The molecule has 4 rings (SSSR count). The van der Waals surface area contributed by atoms with Gasteiger partial charge in [-0.2, -0.15) is 0 Å². The Kier molecular flexibility index (Phi) is 4.65. The van der Waals surface area contributed by atoms with Gasteiger partial charge >= 0.3 is 0 Å². The quantitative estimate of drug-likeness (QED) is 0.341. The maximum Gasteiger partial charge on any atom is 0.0357 e. The standard InChI is InChI=1S/C22H22S3/c1-13(2)19-9-15-5-7-17(11-21(15)24-19)23-18-8-6-16-10-20(14(3)4)25-22(16)12-18/h5-14H,1-4H3. The molecule has 0 aliphatic carbocycles. The Hall–Kier alpha value is -1.29. The van der Waals surface area contributed by atoms with Crippen LogP contribution in [-0.2, 0) is 0 Å². The number of hydrogen-bond acceptors (Lipinski definition) is 3. The molecular formula is C22H22S3. The van der Waals surface area contributed by atoms with Gasteiger partial charge in [-0.25, -0.2) is 0 Å². The maximum atomic E-state index is 2.34. The van der Waals surface area contributed by atoms with Crippen LogP contribution < -0.4 is 0 Å². The average Bonchev–Trinajstić information content (AvgIpc) is 3.17. The van der Waals surface area contributed by atoms with Gasteiger partial charge < -0.3 is 0 Å². The molecule has 0 aliphatic rings. The summed E-state index contributed by atoms with van der Waals surface area (Å²) < 4.78 is 2.79. The fourth-order valence-electron chi connectivity index (χ4n) is 2.90. The Morgan fingerprint density at radius 3 is 1.48 bits per heavy atom. The number of thiophene rings is 2. The SMILES string of the molecule is CC(C)c1cc2ccc(Sc3ccc4cc(C(C)C)sc4c3)cc2s1. The molecule has 2 aromatic carbocycles. The van der Waals surface area contributed by atoms with Crippen LogP contribution in [0.25, 0.3) is 20.2 Å². The van der Waals surface area contributed by atoms with E-state index in [9.17, 15) is 0 Å². The van der Waals surface area contributed by atoms with Crippen molar-refractivity contribution >= 4 is 54.6 Å². The zero-order valence-corrected chi connectivity index (χ0v) is 17.4. The van der Waals surface area contributed by atoms with Gasteiger partial charge in [-0.05, 0) is 59.0 Å². The van der Waals surface area contributed by atoms with Gasteiger partial charge in [0.15, 0.2) is 0 Å². The minimum atomic E-state index is 0.602. The smallest absolute Gasteiger partial charge is 0.0357 e. The summed E-state index contributed by atoms with van der Waals surface area (Å²) in [5.41, 5.74) is 0. The third-order valence-corrected chi connectivity index (χ3v) is 8.17. The van der Waals surface area contributed by atoms with E-state index in [1.54, 1.807) is 0 Å². The van der Waals surface area contributed by atoms with Crippen LogP contribution >= 0.6 is 34.4 Å². The molecule has 128 valence electrons. The molecule has 0 aliphatic heterocycles. The highest BCUT2D eigenvalue weighted by atomic mass is 32.2. The second-order valence-electron chi connectivity index (χ2n) is 7.11. The lowest BCUT2D eigenvalue weighted by atomic mass is 10.1. The molecule has 2 aromatic heterocycles. The van der Waals surface area contributed by atoms with Crippen LogP contribution in [0.15, 0.2) is 58.3 Å². The molecule has 0 spiro atoms. The predicted octanol–water partition coefficient (Wildman–Crippen LogP) is 8.51. The predicted molar refractivity (Wildman–Crippen MR) is 116 cm³/mol. The van der Waals surface area contributed by atoms with Crippen molar-refractivity contribution in [2.24, 2.45) is 0 Å². The van der Waals surface area contributed by atoms with Gasteiger partial charge in [-0.3, -0.25) is 0 Å². The van der Waals surface area contributed by atoms with Crippen molar-refractivity contribution in [2.75, 3.05) is 0 Å². The molecule has 0 fully saturated rings. The van der Waals surface area contributed by atoms with Gasteiger partial charge in [0.2, 0.25) is 0 Å². The first-order valence-corrected chi connectivity index (χ1v) is 11.2. The van der Waals surface area contributed by atoms with E-state index in [4.69, 9.17) is 0 Å². The van der Waals surface area contributed by atoms with Crippen LogP contribution in [0.2, 0.25) is 0 Å². The van der Waals surface area contributed by atoms with E-state index in [1.165, 1.54) is 39.7 Å². The molecule has 2 heterocycles. The first kappa shape index (κ1) is 17.1. The van der Waals surface area contributed by atoms with E-state index in [0.717, 1.165) is 0 Å². The van der Waals surface area contributed by atoms with Crippen molar-refractivity contribution in [3.05, 3.63) is 58.3 Å². The molecule has 0 amide bonds. The van der Waals surface area contributed by atoms with Crippen LogP contribution in [-0.4, -0.2) is 0 Å². The van der Waals surface area contributed by atoms with Crippen LogP contribution in [0.4, 0.5) is 0 Å². The summed E-state index contributed by atoms with van der Waals surface area (Å²) in [4.78, 5) is 5.59. The molecule has 4 aromatic rings. The molecule has 0 atom stereocenters. The molecule has 0 unspecified atom stereocenters. The summed E-state index contributed by atoms with van der Waals surface area (Å²) in [7, 11) is 0. The van der Waals surface area contributed by atoms with Gasteiger partial charge in [0.1, 0.15) is 0 Å². The van der Waals surface area contributed by atoms with Crippen LogP contribution in [0, 0.1) is 0 Å². The second kappa shape index (κ2) is 6.79. The number of hydrogen-bond donors (Lipinski definition) is 0. The summed E-state index contributed by atoms with van der Waals surface area (Å²) in [5, 5.41) is 2.74. The number of benzene rings is 2. The van der Waals surface area contributed by atoms with Crippen molar-refractivity contribution in [3.63, 3.8) is 0 Å². The van der Waals surface area contributed by atoms with Gasteiger partial charge in [-0.1, -0.05) is 51.6 Å². The fourth-order valence-corrected chi connectivity index (χ4v) is 6.16. The molecule has 25 heavy (non-hydrogen) atoms. The average molecular weight is 383 g/mol. The van der Waals surface area contributed by atoms with Gasteiger partial charge in [-0.15, -0.1) is 22.7 Å². The van der Waals surface area contributed by atoms with Crippen molar-refractivity contribution in [3.8, 4) is 0 Å². The van der Waals surface area contributed by atoms with Gasteiger partial charge in [0.25, 0.3) is 0 Å². The van der Waals surface area contributed by atoms with Crippen LogP contribution in [0.5, 0.6) is 0 Å². The third kappa shape index (κ3) is 3.51. The monoisotopic (exact) mass is 382 g/mol. The zero-order valence-electron chi connectivity index (χ0n) is 15.0. The third-order valence-electron chi connectivity index (χ3n) is 4.39. The van der Waals surface area contributed by atoms with Gasteiger partial charge in [0.05, 0.1) is 0 Å². The summed E-state index contributed by atoms with van der Waals surface area (Å²) in [6, 6.07) is 18.4. The molecular weight excluding hydrogens is 360 g/mol. The lowest BCUT2D eigenvalue weighted by molar-refractivity contribution is 0.890. The first-order chi connectivity index (χ1) is 12.0. The summed E-state index contributed by atoms with van der Waals surface area (Å²) >= 11 is 5.72. The molecule has 0 N–H and O–H groups in total. The maximum absolute atomic E-state index is 2.34. The summed E-state index contributed by atoms with van der Waals surface area (Å²) in [5.74, 6) is 1.20. The first-order valence-electron chi connectivity index (χ1n) is 8.74. The van der Waals surface area contributed by atoms with Crippen molar-refractivity contribution in [1.29, 1.82) is 0 Å².